The first-order chi connectivity index (χ1) is 25.9. The van der Waals surface area contributed by atoms with E-state index >= 15 is 0 Å². The average Bonchev–Trinajstić information content (AvgIpc) is 3.16. The van der Waals surface area contributed by atoms with Crippen LogP contribution in [0.2, 0.25) is 0 Å². The van der Waals surface area contributed by atoms with Gasteiger partial charge in [0, 0.05) is 70.4 Å². The minimum Gasteiger partial charge on any atom is -0.744 e. The van der Waals surface area contributed by atoms with Crippen LogP contribution in [-0.4, -0.2) is 85.0 Å². The molecule has 0 aliphatic heterocycles. The maximum absolute atomic E-state index is 11.8. The molecule has 0 heterocycles. The van der Waals surface area contributed by atoms with Crippen LogP contribution in [0.3, 0.4) is 0 Å². The second-order valence-corrected chi connectivity index (χ2v) is 14.5. The Morgan fingerprint density at radius 2 is 0.618 bits per heavy atom. The van der Waals surface area contributed by atoms with Gasteiger partial charge in [-0.05, 0) is 45.8 Å². The zero-order chi connectivity index (χ0) is 38.0. The summed E-state index contributed by atoms with van der Waals surface area (Å²) in [5.74, 6) is -0.131. The molecule has 15 heteroatoms. The molecule has 55 heavy (non-hydrogen) atoms. The fourth-order valence-electron chi connectivity index (χ4n) is 6.01. The molecular weight excluding hydrogens is 866 g/mol. The summed E-state index contributed by atoms with van der Waals surface area (Å²) in [4.78, 5) is -0.853. The second kappa shape index (κ2) is 16.4. The van der Waals surface area contributed by atoms with Crippen molar-refractivity contribution in [1.29, 1.82) is 0 Å². The van der Waals surface area contributed by atoms with Gasteiger partial charge in [0.05, 0.1) is 9.79 Å². The number of hydrogen-bond acceptors (Lipinski definition) is 12. The van der Waals surface area contributed by atoms with Crippen LogP contribution in [0.25, 0.3) is 43.1 Å². The number of phenols is 2. The van der Waals surface area contributed by atoms with E-state index in [1.54, 1.807) is 109 Å². The number of fused-ring (bicyclic) bond motifs is 4. The van der Waals surface area contributed by atoms with Crippen LogP contribution < -0.4 is 0 Å². The molecule has 0 aromatic heterocycles. The van der Waals surface area contributed by atoms with E-state index in [2.05, 4.69) is 20.5 Å². The molecule has 0 bridgehead atoms. The third-order valence-corrected chi connectivity index (χ3v) is 10.4. The first-order valence-corrected chi connectivity index (χ1v) is 18.9. The number of azo groups is 2. The van der Waals surface area contributed by atoms with Crippen molar-refractivity contribution in [2.45, 2.75) is 9.79 Å². The molecule has 0 spiro atoms. The van der Waals surface area contributed by atoms with E-state index in [4.69, 9.17) is 0 Å². The van der Waals surface area contributed by atoms with E-state index in [1.165, 1.54) is 12.1 Å². The number of benzene rings is 8. The first kappa shape index (κ1) is 39.7. The van der Waals surface area contributed by atoms with Crippen LogP contribution in [-0.2, 0) is 20.2 Å². The summed E-state index contributed by atoms with van der Waals surface area (Å²) in [6.45, 7) is 0. The molecule has 270 valence electrons. The maximum atomic E-state index is 11.8. The quantitative estimate of drug-likeness (QED) is 0.0932. The SMILES string of the molecule is O=S(=O)([O-])c1c(N=Nc2ccc3ccccc3c2O)ccc2ccccc12.O=S(=O)([O-])c1c(N=Nc2ccc3ccccc3c2O)ccc2ccccc12.[Ba]. The fraction of sp³-hybridized carbons (Fsp3) is 0. The van der Waals surface area contributed by atoms with Gasteiger partial charge in [-0.15, -0.1) is 20.5 Å². The predicted molar refractivity (Wildman–Crippen MR) is 209 cm³/mol. The summed E-state index contributed by atoms with van der Waals surface area (Å²) >= 11 is 0. The van der Waals surface area contributed by atoms with Crippen LogP contribution in [0.4, 0.5) is 22.7 Å². The summed E-state index contributed by atoms with van der Waals surface area (Å²) in [6, 6.07) is 40.6. The summed E-state index contributed by atoms with van der Waals surface area (Å²) in [7, 11) is -9.55. The molecule has 0 aliphatic rings. The van der Waals surface area contributed by atoms with Gasteiger partial charge in [-0.2, -0.15) is 0 Å². The number of aromatic hydroxyl groups is 2. The van der Waals surface area contributed by atoms with Gasteiger partial charge in [0.25, 0.3) is 0 Å². The summed E-state index contributed by atoms with van der Waals surface area (Å²) in [6.07, 6.45) is 0. The Morgan fingerprint density at radius 1 is 0.364 bits per heavy atom. The molecule has 12 nitrogen and oxygen atoms in total. The van der Waals surface area contributed by atoms with Crippen molar-refractivity contribution in [1.82, 2.24) is 0 Å². The van der Waals surface area contributed by atoms with E-state index in [-0.39, 0.29) is 93.9 Å². The molecule has 2 N–H and O–H groups in total. The number of rotatable bonds is 6. The summed E-state index contributed by atoms with van der Waals surface area (Å²) in [5, 5.41) is 41.3. The first-order valence-electron chi connectivity index (χ1n) is 16.1. The van der Waals surface area contributed by atoms with Crippen LogP contribution in [0, 0.1) is 0 Å². The van der Waals surface area contributed by atoms with E-state index < -0.39 is 30.0 Å². The summed E-state index contributed by atoms with van der Waals surface area (Å²) in [5.41, 5.74) is 0.208. The van der Waals surface area contributed by atoms with Crippen molar-refractivity contribution in [3.63, 3.8) is 0 Å². The molecular formula is C40H26BaN4O8S2-2. The van der Waals surface area contributed by atoms with E-state index in [1.807, 2.05) is 24.3 Å². The number of phenolic OH excluding ortho intramolecular Hbond substituents is 2. The van der Waals surface area contributed by atoms with E-state index in [0.717, 1.165) is 10.8 Å². The topological polar surface area (TPSA) is 204 Å². The molecule has 0 fully saturated rings. The van der Waals surface area contributed by atoms with Gasteiger partial charge in [0.15, 0.2) is 11.5 Å². The Kier molecular flexibility index (Phi) is 11.8. The Bertz CT molecular complexity index is 2840. The molecule has 0 unspecified atom stereocenters. The van der Waals surface area contributed by atoms with Gasteiger partial charge in [0.2, 0.25) is 0 Å². The standard InChI is InChI=1S/2C20H14N2O4S.Ba/c2*23-19-15-7-3-1-5-13(15)9-11-17(19)21-22-18-12-10-14-6-2-4-8-16(14)20(18)27(24,25)26;/h2*1-12,23H,(H,24,25,26);/p-2. The average molecular weight is 892 g/mol. The molecule has 0 atom stereocenters. The largest absolute Gasteiger partial charge is 0.744 e. The predicted octanol–water partition coefficient (Wildman–Crippen LogP) is 9.66. The van der Waals surface area contributed by atoms with Crippen molar-refractivity contribution in [3.05, 3.63) is 146 Å². The maximum Gasteiger partial charge on any atom is 0.150 e. The van der Waals surface area contributed by atoms with Gasteiger partial charge in [0.1, 0.15) is 43.0 Å². The van der Waals surface area contributed by atoms with Crippen LogP contribution >= 0.6 is 0 Å². The zero-order valence-electron chi connectivity index (χ0n) is 28.5. The third kappa shape index (κ3) is 8.47. The summed E-state index contributed by atoms with van der Waals surface area (Å²) < 4.78 is 70.9. The number of nitrogens with zero attached hydrogens (tertiary/aromatic N) is 4. The van der Waals surface area contributed by atoms with E-state index in [0.29, 0.717) is 21.5 Å². The van der Waals surface area contributed by atoms with Crippen LogP contribution in [0.5, 0.6) is 11.5 Å². The van der Waals surface area contributed by atoms with Crippen molar-refractivity contribution >= 4 is 135 Å². The number of hydrogen-bond donors (Lipinski definition) is 2. The smallest absolute Gasteiger partial charge is 0.150 e. The molecule has 0 amide bonds. The molecule has 0 aliphatic carbocycles. The van der Waals surface area contributed by atoms with Gasteiger partial charge in [-0.1, -0.05) is 121 Å². The van der Waals surface area contributed by atoms with Crippen molar-refractivity contribution in [2.24, 2.45) is 20.5 Å². The minimum absolute atomic E-state index is 0. The molecule has 8 rings (SSSR count). The Hall–Kier alpha value is -5.01. The Morgan fingerprint density at radius 3 is 0.945 bits per heavy atom. The fourth-order valence-corrected chi connectivity index (χ4v) is 7.65. The minimum atomic E-state index is -4.78. The molecule has 8 aromatic rings. The molecule has 0 saturated carbocycles. The van der Waals surface area contributed by atoms with Crippen LogP contribution in [0.1, 0.15) is 0 Å². The van der Waals surface area contributed by atoms with Crippen molar-refractivity contribution in [2.75, 3.05) is 0 Å². The normalized spacial score (nSPS) is 12.0. The second-order valence-electron chi connectivity index (χ2n) is 11.9. The van der Waals surface area contributed by atoms with Gasteiger partial charge in [-0.3, -0.25) is 0 Å². The zero-order valence-corrected chi connectivity index (χ0v) is 34.6. The van der Waals surface area contributed by atoms with Crippen LogP contribution in [0.15, 0.2) is 176 Å². The van der Waals surface area contributed by atoms with Crippen molar-refractivity contribution < 1.29 is 36.2 Å². The third-order valence-electron chi connectivity index (χ3n) is 8.51. The Labute approximate surface area is 355 Å². The van der Waals surface area contributed by atoms with Gasteiger partial charge >= 0.3 is 0 Å². The van der Waals surface area contributed by atoms with E-state index in [9.17, 15) is 36.2 Å². The van der Waals surface area contributed by atoms with Gasteiger partial charge < -0.3 is 19.3 Å². The molecule has 0 saturated heterocycles. The van der Waals surface area contributed by atoms with Crippen molar-refractivity contribution in [3.8, 4) is 11.5 Å². The Balaban J connectivity index is 0.000000184. The van der Waals surface area contributed by atoms with Gasteiger partial charge in [-0.25, -0.2) is 16.8 Å². The molecule has 8 aromatic carbocycles. The molecule has 2 radical (unpaired) electrons. The monoisotopic (exact) mass is 892 g/mol.